The van der Waals surface area contributed by atoms with Gasteiger partial charge in [0.05, 0.1) is 6.04 Å². The van der Waals surface area contributed by atoms with Crippen molar-refractivity contribution < 1.29 is 4.39 Å². The number of rotatable bonds is 3. The van der Waals surface area contributed by atoms with Crippen LogP contribution in [0.4, 0.5) is 4.39 Å². The Hall–Kier alpha value is -2.23. The third-order valence-corrected chi connectivity index (χ3v) is 3.82. The molecule has 0 aliphatic carbocycles. The number of benzene rings is 3. The Morgan fingerprint density at radius 1 is 1.00 bits per heavy atom. The first-order valence-electron chi connectivity index (χ1n) is 6.90. The van der Waals surface area contributed by atoms with Crippen molar-refractivity contribution in [1.29, 1.82) is 0 Å². The summed E-state index contributed by atoms with van der Waals surface area (Å²) in [6.45, 7) is 1.76. The van der Waals surface area contributed by atoms with E-state index >= 15 is 0 Å². The lowest BCUT2D eigenvalue weighted by molar-refractivity contribution is 0.608. The molecule has 21 heavy (non-hydrogen) atoms. The summed E-state index contributed by atoms with van der Waals surface area (Å²) in [5, 5.41) is 2.30. The third-order valence-electron chi connectivity index (χ3n) is 3.82. The molecule has 0 saturated carbocycles. The monoisotopic (exact) mass is 280 g/mol. The second kappa shape index (κ2) is 5.64. The first kappa shape index (κ1) is 13.7. The van der Waals surface area contributed by atoms with Crippen LogP contribution in [0.15, 0.2) is 60.7 Å². The van der Waals surface area contributed by atoms with E-state index in [4.69, 9.17) is 5.84 Å². The van der Waals surface area contributed by atoms with E-state index in [0.29, 0.717) is 5.56 Å². The third kappa shape index (κ3) is 2.53. The van der Waals surface area contributed by atoms with Crippen molar-refractivity contribution in [3.8, 4) is 0 Å². The molecule has 0 heterocycles. The lowest BCUT2D eigenvalue weighted by atomic mass is 9.93. The summed E-state index contributed by atoms with van der Waals surface area (Å²) in [6, 6.07) is 19.2. The average molecular weight is 280 g/mol. The number of fused-ring (bicyclic) bond motifs is 1. The van der Waals surface area contributed by atoms with Gasteiger partial charge in [0.2, 0.25) is 0 Å². The van der Waals surface area contributed by atoms with Crippen molar-refractivity contribution in [1.82, 2.24) is 5.43 Å². The Morgan fingerprint density at radius 2 is 1.76 bits per heavy atom. The molecule has 1 atom stereocenters. The second-order valence-corrected chi connectivity index (χ2v) is 5.18. The predicted octanol–water partition coefficient (Wildman–Crippen LogP) is 3.84. The molecule has 3 N–H and O–H groups in total. The van der Waals surface area contributed by atoms with Crippen LogP contribution >= 0.6 is 0 Å². The van der Waals surface area contributed by atoms with Gasteiger partial charge in [-0.05, 0) is 40.5 Å². The largest absolute Gasteiger partial charge is 0.271 e. The zero-order valence-corrected chi connectivity index (χ0v) is 11.8. The standard InChI is InChI=1S/C18H17FN2/c1-12-11-14(9-10-17(12)19)18(21-20)16-8-4-6-13-5-2-3-7-15(13)16/h2-11,18,21H,20H2,1H3. The molecule has 0 radical (unpaired) electrons. The van der Waals surface area contributed by atoms with Crippen LogP contribution < -0.4 is 11.3 Å². The Morgan fingerprint density at radius 3 is 2.52 bits per heavy atom. The highest BCUT2D eigenvalue weighted by Crippen LogP contribution is 2.29. The van der Waals surface area contributed by atoms with Gasteiger partial charge < -0.3 is 0 Å². The van der Waals surface area contributed by atoms with E-state index in [2.05, 4.69) is 23.6 Å². The van der Waals surface area contributed by atoms with Crippen LogP contribution in [0.5, 0.6) is 0 Å². The quantitative estimate of drug-likeness (QED) is 0.565. The van der Waals surface area contributed by atoms with E-state index in [-0.39, 0.29) is 11.9 Å². The van der Waals surface area contributed by atoms with Gasteiger partial charge >= 0.3 is 0 Å². The van der Waals surface area contributed by atoms with E-state index in [1.54, 1.807) is 13.0 Å². The maximum absolute atomic E-state index is 13.5. The van der Waals surface area contributed by atoms with Gasteiger partial charge in [-0.25, -0.2) is 9.82 Å². The molecule has 3 heteroatoms. The molecular formula is C18H17FN2. The van der Waals surface area contributed by atoms with Crippen LogP contribution in [0.25, 0.3) is 10.8 Å². The average Bonchev–Trinajstić information content (AvgIpc) is 2.52. The van der Waals surface area contributed by atoms with Crippen molar-refractivity contribution in [3.63, 3.8) is 0 Å². The normalized spacial score (nSPS) is 12.5. The molecule has 2 nitrogen and oxygen atoms in total. The van der Waals surface area contributed by atoms with Crippen molar-refractivity contribution in [2.45, 2.75) is 13.0 Å². The zero-order valence-electron chi connectivity index (χ0n) is 11.8. The van der Waals surface area contributed by atoms with Crippen LogP contribution in [-0.4, -0.2) is 0 Å². The molecule has 0 saturated heterocycles. The van der Waals surface area contributed by atoms with Crippen LogP contribution in [0.2, 0.25) is 0 Å². The zero-order chi connectivity index (χ0) is 14.8. The van der Waals surface area contributed by atoms with E-state index in [1.165, 1.54) is 6.07 Å². The molecule has 1 unspecified atom stereocenters. The topological polar surface area (TPSA) is 38.0 Å². The van der Waals surface area contributed by atoms with Gasteiger partial charge in [0, 0.05) is 0 Å². The van der Waals surface area contributed by atoms with E-state index in [9.17, 15) is 4.39 Å². The van der Waals surface area contributed by atoms with E-state index < -0.39 is 0 Å². The first-order chi connectivity index (χ1) is 10.2. The van der Waals surface area contributed by atoms with Gasteiger partial charge in [-0.3, -0.25) is 5.84 Å². The lowest BCUT2D eigenvalue weighted by Gasteiger charge is -2.19. The summed E-state index contributed by atoms with van der Waals surface area (Å²) in [7, 11) is 0. The molecule has 0 bridgehead atoms. The molecular weight excluding hydrogens is 263 g/mol. The summed E-state index contributed by atoms with van der Waals surface area (Å²) in [5.41, 5.74) is 5.51. The Labute approximate surface area is 123 Å². The number of aryl methyl sites for hydroxylation is 1. The number of nitrogens with one attached hydrogen (secondary N) is 1. The highest BCUT2D eigenvalue weighted by molar-refractivity contribution is 5.86. The molecule has 0 amide bonds. The highest BCUT2D eigenvalue weighted by Gasteiger charge is 2.15. The molecule has 106 valence electrons. The lowest BCUT2D eigenvalue weighted by Crippen LogP contribution is -2.29. The summed E-state index contributed by atoms with van der Waals surface area (Å²) in [6.07, 6.45) is 0. The van der Waals surface area contributed by atoms with Crippen LogP contribution in [0.3, 0.4) is 0 Å². The number of nitrogens with two attached hydrogens (primary N) is 1. The van der Waals surface area contributed by atoms with Gasteiger partial charge in [0.1, 0.15) is 5.82 Å². The van der Waals surface area contributed by atoms with Gasteiger partial charge in [-0.15, -0.1) is 0 Å². The Bertz CT molecular complexity index is 778. The fraction of sp³-hybridized carbons (Fsp3) is 0.111. The van der Waals surface area contributed by atoms with Crippen LogP contribution in [-0.2, 0) is 0 Å². The minimum absolute atomic E-state index is 0.171. The van der Waals surface area contributed by atoms with E-state index in [1.807, 2.05) is 30.3 Å². The minimum Gasteiger partial charge on any atom is -0.271 e. The SMILES string of the molecule is Cc1cc(C(NN)c2cccc3ccccc23)ccc1F. The fourth-order valence-electron chi connectivity index (χ4n) is 2.72. The molecule has 3 rings (SSSR count). The molecule has 0 fully saturated rings. The molecule has 0 aliphatic heterocycles. The summed E-state index contributed by atoms with van der Waals surface area (Å²) < 4.78 is 13.5. The Kier molecular flexibility index (Phi) is 3.69. The summed E-state index contributed by atoms with van der Waals surface area (Å²) in [4.78, 5) is 0. The summed E-state index contributed by atoms with van der Waals surface area (Å²) in [5.74, 6) is 5.57. The fourth-order valence-corrected chi connectivity index (χ4v) is 2.72. The van der Waals surface area contributed by atoms with E-state index in [0.717, 1.165) is 21.9 Å². The van der Waals surface area contributed by atoms with Crippen LogP contribution in [0.1, 0.15) is 22.7 Å². The molecule has 0 aromatic heterocycles. The van der Waals surface area contributed by atoms with Crippen LogP contribution in [0, 0.1) is 12.7 Å². The number of halogens is 1. The number of hydrazine groups is 1. The van der Waals surface area contributed by atoms with Crippen molar-refractivity contribution >= 4 is 10.8 Å². The van der Waals surface area contributed by atoms with Crippen molar-refractivity contribution in [3.05, 3.63) is 83.2 Å². The molecule has 3 aromatic carbocycles. The predicted molar refractivity (Wildman–Crippen MR) is 84.3 cm³/mol. The smallest absolute Gasteiger partial charge is 0.126 e. The summed E-state index contributed by atoms with van der Waals surface area (Å²) >= 11 is 0. The molecule has 0 aliphatic rings. The first-order valence-corrected chi connectivity index (χ1v) is 6.90. The maximum atomic E-state index is 13.5. The molecule has 0 spiro atoms. The number of hydrogen-bond donors (Lipinski definition) is 2. The van der Waals surface area contributed by atoms with Crippen molar-refractivity contribution in [2.24, 2.45) is 5.84 Å². The highest BCUT2D eigenvalue weighted by atomic mass is 19.1. The number of hydrogen-bond acceptors (Lipinski definition) is 2. The molecule has 3 aromatic rings. The van der Waals surface area contributed by atoms with Gasteiger partial charge in [0.25, 0.3) is 0 Å². The Balaban J connectivity index is 2.16. The maximum Gasteiger partial charge on any atom is 0.126 e. The van der Waals surface area contributed by atoms with Gasteiger partial charge in [-0.2, -0.15) is 0 Å². The minimum atomic E-state index is -0.201. The second-order valence-electron chi connectivity index (χ2n) is 5.18. The van der Waals surface area contributed by atoms with Gasteiger partial charge in [-0.1, -0.05) is 54.6 Å². The van der Waals surface area contributed by atoms with Gasteiger partial charge in [0.15, 0.2) is 0 Å². The van der Waals surface area contributed by atoms with Crippen molar-refractivity contribution in [2.75, 3.05) is 0 Å².